The van der Waals surface area contributed by atoms with E-state index < -0.39 is 11.5 Å². The summed E-state index contributed by atoms with van der Waals surface area (Å²) < 4.78 is 10.9. The van der Waals surface area contributed by atoms with E-state index >= 15 is 0 Å². The van der Waals surface area contributed by atoms with Crippen LogP contribution in [0.5, 0.6) is 11.5 Å². The maximum atomic E-state index is 12.7. The molecule has 5 rings (SSSR count). The summed E-state index contributed by atoms with van der Waals surface area (Å²) >= 11 is 0. The number of rotatable bonds is 2. The summed E-state index contributed by atoms with van der Waals surface area (Å²) in [5, 5.41) is 12.5. The SMILES string of the molecule is N#C[C@@H]1C(=O)NC(N2CCN(Cc3ccc4c(c3)OCO4)CC2)=NC12CCCCC2. The molecule has 1 saturated carbocycles. The smallest absolute Gasteiger partial charge is 0.246 e. The second-order valence-corrected chi connectivity index (χ2v) is 8.60. The first-order valence-corrected chi connectivity index (χ1v) is 10.8. The van der Waals surface area contributed by atoms with Crippen LogP contribution in [0.1, 0.15) is 37.7 Å². The number of aliphatic imine (C=N–C) groups is 1. The Hall–Kier alpha value is -2.79. The summed E-state index contributed by atoms with van der Waals surface area (Å²) in [4.78, 5) is 22.2. The van der Waals surface area contributed by atoms with E-state index in [1.807, 2.05) is 6.07 Å². The summed E-state index contributed by atoms with van der Waals surface area (Å²) in [6.45, 7) is 4.52. The number of nitriles is 1. The minimum atomic E-state index is -0.672. The first kappa shape index (κ1) is 19.2. The Bertz CT molecular complexity index is 895. The predicted octanol–water partition coefficient (Wildman–Crippen LogP) is 1.86. The van der Waals surface area contributed by atoms with Gasteiger partial charge in [0.15, 0.2) is 17.4 Å². The molecule has 2 fully saturated rings. The molecule has 1 aromatic rings. The molecule has 30 heavy (non-hydrogen) atoms. The fraction of sp³-hybridized carbons (Fsp3) is 0.591. The Morgan fingerprint density at radius 3 is 2.67 bits per heavy atom. The van der Waals surface area contributed by atoms with Gasteiger partial charge in [-0.2, -0.15) is 5.26 Å². The Labute approximate surface area is 176 Å². The van der Waals surface area contributed by atoms with Crippen molar-refractivity contribution in [2.75, 3.05) is 33.0 Å². The first-order valence-electron chi connectivity index (χ1n) is 10.8. The van der Waals surface area contributed by atoms with Crippen LogP contribution in [0.25, 0.3) is 0 Å². The molecule has 4 aliphatic rings. The first-order chi connectivity index (χ1) is 14.7. The van der Waals surface area contributed by atoms with Crippen molar-refractivity contribution in [1.29, 1.82) is 5.26 Å². The number of nitrogens with one attached hydrogen (secondary N) is 1. The molecule has 1 spiro atoms. The normalized spacial score (nSPS) is 25.6. The summed E-state index contributed by atoms with van der Waals surface area (Å²) in [5.74, 6) is 1.43. The molecular weight excluding hydrogens is 382 g/mol. The highest BCUT2D eigenvalue weighted by Crippen LogP contribution is 2.40. The van der Waals surface area contributed by atoms with Crippen LogP contribution in [0.2, 0.25) is 0 Å². The molecule has 0 aromatic heterocycles. The number of hydrogen-bond acceptors (Lipinski definition) is 7. The van der Waals surface area contributed by atoms with Gasteiger partial charge < -0.3 is 14.4 Å². The molecule has 1 atom stereocenters. The van der Waals surface area contributed by atoms with E-state index in [1.165, 1.54) is 5.56 Å². The minimum Gasteiger partial charge on any atom is -0.454 e. The zero-order valence-corrected chi connectivity index (χ0v) is 17.1. The summed E-state index contributed by atoms with van der Waals surface area (Å²) in [7, 11) is 0. The lowest BCUT2D eigenvalue weighted by atomic mass is 9.72. The number of benzene rings is 1. The number of nitrogens with zero attached hydrogens (tertiary/aromatic N) is 4. The number of carbonyl (C=O) groups excluding carboxylic acids is 1. The number of amides is 1. The lowest BCUT2D eigenvalue weighted by Crippen LogP contribution is -2.60. The second kappa shape index (κ2) is 7.80. The van der Waals surface area contributed by atoms with Crippen molar-refractivity contribution in [3.05, 3.63) is 23.8 Å². The molecule has 3 aliphatic heterocycles. The van der Waals surface area contributed by atoms with Gasteiger partial charge in [0.25, 0.3) is 0 Å². The molecule has 1 aliphatic carbocycles. The third-order valence-electron chi connectivity index (χ3n) is 6.73. The van der Waals surface area contributed by atoms with E-state index in [4.69, 9.17) is 14.5 Å². The van der Waals surface area contributed by atoms with Gasteiger partial charge >= 0.3 is 0 Å². The molecule has 158 valence electrons. The van der Waals surface area contributed by atoms with E-state index in [2.05, 4.69) is 33.3 Å². The summed E-state index contributed by atoms with van der Waals surface area (Å²) in [5.41, 5.74) is 0.669. The Morgan fingerprint density at radius 1 is 1.13 bits per heavy atom. The molecule has 0 bridgehead atoms. The molecule has 0 radical (unpaired) electrons. The summed E-state index contributed by atoms with van der Waals surface area (Å²) in [6, 6.07) is 8.33. The van der Waals surface area contributed by atoms with E-state index in [0.717, 1.165) is 76.3 Å². The van der Waals surface area contributed by atoms with Gasteiger partial charge in [0.05, 0.1) is 11.6 Å². The highest BCUT2D eigenvalue weighted by atomic mass is 16.7. The Morgan fingerprint density at radius 2 is 1.90 bits per heavy atom. The molecule has 1 amide bonds. The quantitative estimate of drug-likeness (QED) is 0.802. The molecule has 8 heteroatoms. The van der Waals surface area contributed by atoms with Crippen LogP contribution in [-0.4, -0.2) is 60.2 Å². The number of carbonyl (C=O) groups is 1. The zero-order valence-electron chi connectivity index (χ0n) is 17.1. The second-order valence-electron chi connectivity index (χ2n) is 8.60. The summed E-state index contributed by atoms with van der Waals surface area (Å²) in [6.07, 6.45) is 4.88. The minimum absolute atomic E-state index is 0.188. The van der Waals surface area contributed by atoms with Crippen molar-refractivity contribution >= 4 is 11.9 Å². The molecule has 1 aromatic carbocycles. The number of hydrogen-bond donors (Lipinski definition) is 1. The van der Waals surface area contributed by atoms with Crippen molar-refractivity contribution in [3.8, 4) is 17.6 Å². The van der Waals surface area contributed by atoms with Crippen LogP contribution in [0, 0.1) is 17.2 Å². The van der Waals surface area contributed by atoms with E-state index in [0.29, 0.717) is 12.8 Å². The third-order valence-corrected chi connectivity index (χ3v) is 6.73. The van der Waals surface area contributed by atoms with Gasteiger partial charge in [-0.05, 0) is 30.5 Å². The number of piperazine rings is 1. The maximum Gasteiger partial charge on any atom is 0.246 e. The molecule has 0 unspecified atom stereocenters. The van der Waals surface area contributed by atoms with Gasteiger partial charge in [-0.25, -0.2) is 4.99 Å². The van der Waals surface area contributed by atoms with Gasteiger partial charge in [-0.3, -0.25) is 15.0 Å². The van der Waals surface area contributed by atoms with Gasteiger partial charge in [0, 0.05) is 32.7 Å². The van der Waals surface area contributed by atoms with Crippen molar-refractivity contribution in [1.82, 2.24) is 15.1 Å². The largest absolute Gasteiger partial charge is 0.454 e. The average Bonchev–Trinajstić information content (AvgIpc) is 3.23. The molecule has 8 nitrogen and oxygen atoms in total. The standard InChI is InChI=1S/C22H27N5O3/c23-13-17-20(28)24-21(25-22(17)6-2-1-3-7-22)27-10-8-26(9-11-27)14-16-4-5-18-19(12-16)30-15-29-18/h4-5,12,17H,1-3,6-11,14-15H2,(H,24,25,28)/t17-/m1/s1. The average molecular weight is 409 g/mol. The Balaban J connectivity index is 1.25. The van der Waals surface area contributed by atoms with Crippen molar-refractivity contribution in [2.24, 2.45) is 10.9 Å². The third kappa shape index (κ3) is 3.47. The van der Waals surface area contributed by atoms with Crippen LogP contribution in [0.3, 0.4) is 0 Å². The van der Waals surface area contributed by atoms with Gasteiger partial charge in [0.2, 0.25) is 18.7 Å². The zero-order chi connectivity index (χ0) is 20.6. The van der Waals surface area contributed by atoms with E-state index in [9.17, 15) is 10.1 Å². The fourth-order valence-electron chi connectivity index (χ4n) is 5.04. The van der Waals surface area contributed by atoms with Crippen molar-refractivity contribution in [2.45, 2.75) is 44.2 Å². The molecule has 3 heterocycles. The van der Waals surface area contributed by atoms with Crippen LogP contribution in [-0.2, 0) is 11.3 Å². The van der Waals surface area contributed by atoms with Gasteiger partial charge in [-0.15, -0.1) is 0 Å². The Kier molecular flexibility index (Phi) is 4.99. The lowest BCUT2D eigenvalue weighted by Gasteiger charge is -2.43. The number of guanidine groups is 1. The van der Waals surface area contributed by atoms with Crippen LogP contribution in [0.15, 0.2) is 23.2 Å². The number of ether oxygens (including phenoxy) is 2. The molecular formula is C22H27N5O3. The number of fused-ring (bicyclic) bond motifs is 1. The van der Waals surface area contributed by atoms with Crippen LogP contribution in [0.4, 0.5) is 0 Å². The van der Waals surface area contributed by atoms with Gasteiger partial charge in [0.1, 0.15) is 0 Å². The van der Waals surface area contributed by atoms with Crippen LogP contribution >= 0.6 is 0 Å². The maximum absolute atomic E-state index is 12.7. The van der Waals surface area contributed by atoms with Crippen molar-refractivity contribution < 1.29 is 14.3 Å². The molecule has 1 N–H and O–H groups in total. The monoisotopic (exact) mass is 409 g/mol. The topological polar surface area (TPSA) is 90.2 Å². The van der Waals surface area contributed by atoms with Crippen molar-refractivity contribution in [3.63, 3.8) is 0 Å². The highest BCUT2D eigenvalue weighted by molar-refractivity contribution is 6.02. The van der Waals surface area contributed by atoms with Gasteiger partial charge in [-0.1, -0.05) is 25.3 Å². The van der Waals surface area contributed by atoms with Crippen LogP contribution < -0.4 is 14.8 Å². The predicted molar refractivity (Wildman–Crippen MR) is 110 cm³/mol. The molecule has 1 saturated heterocycles. The fourth-order valence-corrected chi connectivity index (χ4v) is 5.04. The van der Waals surface area contributed by atoms with E-state index in [-0.39, 0.29) is 5.91 Å². The highest BCUT2D eigenvalue weighted by Gasteiger charge is 2.48. The van der Waals surface area contributed by atoms with E-state index in [1.54, 1.807) is 0 Å². The lowest BCUT2D eigenvalue weighted by molar-refractivity contribution is -0.125.